The fraction of sp³-hybridized carbons (Fsp3) is 0.517. The zero-order valence-corrected chi connectivity index (χ0v) is 20.2. The maximum atomic E-state index is 11.9. The largest absolute Gasteiger partial charge is 0.461 e. The number of carbonyl (C=O) groups is 2. The van der Waals surface area contributed by atoms with Crippen molar-refractivity contribution in [1.29, 1.82) is 0 Å². The van der Waals surface area contributed by atoms with Crippen molar-refractivity contribution in [3.63, 3.8) is 0 Å². The Hall–Kier alpha value is -2.62. The first kappa shape index (κ1) is 26.6. The molecule has 2 rings (SSSR count). The molecular weight excluding hydrogens is 412 g/mol. The van der Waals surface area contributed by atoms with Crippen molar-refractivity contribution in [1.82, 2.24) is 0 Å². The highest BCUT2D eigenvalue weighted by molar-refractivity contribution is 5.69. The summed E-state index contributed by atoms with van der Waals surface area (Å²) in [5, 5.41) is 0. The van der Waals surface area contributed by atoms with Gasteiger partial charge in [0.2, 0.25) is 0 Å². The van der Waals surface area contributed by atoms with E-state index in [1.54, 1.807) is 0 Å². The predicted octanol–water partition coefficient (Wildman–Crippen LogP) is 7.40. The van der Waals surface area contributed by atoms with Crippen LogP contribution in [-0.2, 0) is 32.3 Å². The lowest BCUT2D eigenvalue weighted by Crippen LogP contribution is -2.05. The third kappa shape index (κ3) is 12.9. The van der Waals surface area contributed by atoms with Crippen molar-refractivity contribution in [3.05, 3.63) is 71.8 Å². The van der Waals surface area contributed by atoms with E-state index >= 15 is 0 Å². The van der Waals surface area contributed by atoms with Crippen molar-refractivity contribution in [2.75, 3.05) is 0 Å². The van der Waals surface area contributed by atoms with Gasteiger partial charge in [0.15, 0.2) is 0 Å². The van der Waals surface area contributed by atoms with Crippen LogP contribution in [0.4, 0.5) is 0 Å². The molecule has 0 saturated carbocycles. The van der Waals surface area contributed by atoms with Gasteiger partial charge in [-0.25, -0.2) is 0 Å². The summed E-state index contributed by atoms with van der Waals surface area (Å²) in [4.78, 5) is 23.8. The smallest absolute Gasteiger partial charge is 0.306 e. The van der Waals surface area contributed by atoms with Gasteiger partial charge in [0, 0.05) is 12.8 Å². The minimum Gasteiger partial charge on any atom is -0.461 e. The van der Waals surface area contributed by atoms with E-state index in [0.29, 0.717) is 26.1 Å². The number of rotatable bonds is 17. The van der Waals surface area contributed by atoms with Gasteiger partial charge in [0.1, 0.15) is 13.2 Å². The number of benzene rings is 2. The summed E-state index contributed by atoms with van der Waals surface area (Å²) in [6.07, 6.45) is 10.9. The minimum absolute atomic E-state index is 0.104. The summed E-state index contributed by atoms with van der Waals surface area (Å²) >= 11 is 0. The molecule has 0 aromatic heterocycles. The summed E-state index contributed by atoms with van der Waals surface area (Å²) in [5.74, 6) is 0.529. The third-order valence-corrected chi connectivity index (χ3v) is 6.05. The molecule has 4 nitrogen and oxygen atoms in total. The summed E-state index contributed by atoms with van der Waals surface area (Å²) in [6, 6.07) is 19.6. The lowest BCUT2D eigenvalue weighted by molar-refractivity contribution is -0.146. The molecule has 2 aromatic carbocycles. The monoisotopic (exact) mass is 452 g/mol. The Morgan fingerprint density at radius 2 is 1.06 bits per heavy atom. The molecule has 0 spiro atoms. The SMILES string of the molecule is CCC(CCCCCC(=O)OCc1ccccc1)CCCCCC(=O)OCc1ccccc1. The highest BCUT2D eigenvalue weighted by Crippen LogP contribution is 2.21. The molecular formula is C29H40O4. The molecule has 2 aromatic rings. The average Bonchev–Trinajstić information content (AvgIpc) is 2.85. The zero-order valence-electron chi connectivity index (χ0n) is 20.2. The van der Waals surface area contributed by atoms with Gasteiger partial charge < -0.3 is 9.47 Å². The molecule has 33 heavy (non-hydrogen) atoms. The molecule has 0 amide bonds. The van der Waals surface area contributed by atoms with E-state index in [0.717, 1.165) is 55.6 Å². The van der Waals surface area contributed by atoms with Crippen LogP contribution < -0.4 is 0 Å². The first-order chi connectivity index (χ1) is 16.2. The minimum atomic E-state index is -0.104. The van der Waals surface area contributed by atoms with E-state index in [1.165, 1.54) is 19.3 Å². The van der Waals surface area contributed by atoms with Crippen LogP contribution in [0.2, 0.25) is 0 Å². The normalized spacial score (nSPS) is 10.8. The van der Waals surface area contributed by atoms with E-state index in [2.05, 4.69) is 6.92 Å². The first-order valence-electron chi connectivity index (χ1n) is 12.6. The number of hydrogen-bond acceptors (Lipinski definition) is 4. The van der Waals surface area contributed by atoms with Crippen LogP contribution >= 0.6 is 0 Å². The van der Waals surface area contributed by atoms with Gasteiger partial charge in [-0.15, -0.1) is 0 Å². The number of esters is 2. The Kier molecular flexibility index (Phi) is 13.7. The standard InChI is InChI=1S/C29H40O4/c1-2-25(15-7-5-13-21-28(30)32-23-26-17-9-3-10-18-26)16-8-6-14-22-29(31)33-24-27-19-11-4-12-20-27/h3-4,9-12,17-20,25H,2,5-8,13-16,21-24H2,1H3. The van der Waals surface area contributed by atoms with Crippen LogP contribution in [0.25, 0.3) is 0 Å². The van der Waals surface area contributed by atoms with Crippen LogP contribution in [0.5, 0.6) is 0 Å². The average molecular weight is 453 g/mol. The maximum absolute atomic E-state index is 11.9. The van der Waals surface area contributed by atoms with Gasteiger partial charge in [-0.3, -0.25) is 9.59 Å². The second-order valence-corrected chi connectivity index (χ2v) is 8.77. The molecule has 0 saturated heterocycles. The van der Waals surface area contributed by atoms with E-state index in [4.69, 9.17) is 9.47 Å². The molecule has 180 valence electrons. The number of hydrogen-bond donors (Lipinski definition) is 0. The molecule has 0 aliphatic heterocycles. The van der Waals surface area contributed by atoms with E-state index in [-0.39, 0.29) is 11.9 Å². The molecule has 0 N–H and O–H groups in total. The van der Waals surface area contributed by atoms with Gasteiger partial charge in [-0.2, -0.15) is 0 Å². The lowest BCUT2D eigenvalue weighted by atomic mass is 9.92. The van der Waals surface area contributed by atoms with Crippen molar-refractivity contribution in [3.8, 4) is 0 Å². The van der Waals surface area contributed by atoms with Gasteiger partial charge in [-0.1, -0.05) is 113 Å². The first-order valence-corrected chi connectivity index (χ1v) is 12.6. The van der Waals surface area contributed by atoms with Crippen LogP contribution in [0, 0.1) is 5.92 Å². The molecule has 0 atom stereocenters. The van der Waals surface area contributed by atoms with Crippen molar-refractivity contribution in [2.24, 2.45) is 5.92 Å². The highest BCUT2D eigenvalue weighted by Gasteiger charge is 2.09. The Morgan fingerprint density at radius 1 is 0.636 bits per heavy atom. The van der Waals surface area contributed by atoms with Gasteiger partial charge in [0.25, 0.3) is 0 Å². The second-order valence-electron chi connectivity index (χ2n) is 8.77. The summed E-state index contributed by atoms with van der Waals surface area (Å²) in [6.45, 7) is 2.98. The molecule has 0 fully saturated rings. The lowest BCUT2D eigenvalue weighted by Gasteiger charge is -2.14. The van der Waals surface area contributed by atoms with Gasteiger partial charge in [0.05, 0.1) is 0 Å². The summed E-state index contributed by atoms with van der Waals surface area (Å²) in [7, 11) is 0. The number of carbonyl (C=O) groups excluding carboxylic acids is 2. The topological polar surface area (TPSA) is 52.6 Å². The molecule has 0 unspecified atom stereocenters. The van der Waals surface area contributed by atoms with Crippen molar-refractivity contribution in [2.45, 2.75) is 90.8 Å². The van der Waals surface area contributed by atoms with Crippen LogP contribution in [0.1, 0.15) is 88.7 Å². The highest BCUT2D eigenvalue weighted by atomic mass is 16.5. The predicted molar refractivity (Wildman–Crippen MR) is 132 cm³/mol. The molecule has 0 aliphatic carbocycles. The molecule has 0 heterocycles. The fourth-order valence-electron chi connectivity index (χ4n) is 3.93. The number of unbranched alkanes of at least 4 members (excludes halogenated alkanes) is 4. The van der Waals surface area contributed by atoms with Crippen molar-refractivity contribution < 1.29 is 19.1 Å². The summed E-state index contributed by atoms with van der Waals surface area (Å²) < 4.78 is 10.7. The Bertz CT molecular complexity index is 707. The fourth-order valence-corrected chi connectivity index (χ4v) is 3.93. The molecule has 0 bridgehead atoms. The quantitative estimate of drug-likeness (QED) is 0.185. The van der Waals surface area contributed by atoms with Gasteiger partial charge >= 0.3 is 11.9 Å². The molecule has 0 aliphatic rings. The second kappa shape index (κ2) is 16.9. The maximum Gasteiger partial charge on any atom is 0.306 e. The summed E-state index contributed by atoms with van der Waals surface area (Å²) in [5.41, 5.74) is 2.06. The Balaban J connectivity index is 1.43. The van der Waals surface area contributed by atoms with Crippen LogP contribution in [-0.4, -0.2) is 11.9 Å². The zero-order chi connectivity index (χ0) is 23.6. The van der Waals surface area contributed by atoms with E-state index in [9.17, 15) is 9.59 Å². The van der Waals surface area contributed by atoms with Gasteiger partial charge in [-0.05, 0) is 29.9 Å². The molecule has 0 radical (unpaired) electrons. The Labute approximate surface area is 199 Å². The van der Waals surface area contributed by atoms with E-state index in [1.807, 2.05) is 60.7 Å². The van der Waals surface area contributed by atoms with Crippen molar-refractivity contribution >= 4 is 11.9 Å². The van der Waals surface area contributed by atoms with Crippen LogP contribution in [0.3, 0.4) is 0 Å². The Morgan fingerprint density at radius 3 is 1.45 bits per heavy atom. The number of ether oxygens (including phenoxy) is 2. The van der Waals surface area contributed by atoms with Crippen LogP contribution in [0.15, 0.2) is 60.7 Å². The molecule has 4 heteroatoms. The van der Waals surface area contributed by atoms with E-state index < -0.39 is 0 Å². The third-order valence-electron chi connectivity index (χ3n) is 6.05.